The maximum Gasteiger partial charge on any atom is 0.416 e. The number of Topliss-reactive ketones (excluding diaryl/α,β-unsaturated/α-hetero) is 1. The third-order valence-electron chi connectivity index (χ3n) is 7.60. The van der Waals surface area contributed by atoms with Gasteiger partial charge in [0.25, 0.3) is 0 Å². The van der Waals surface area contributed by atoms with Crippen LogP contribution in [0.15, 0.2) is 42.5 Å². The Bertz CT molecular complexity index is 1270. The molecular formula is C34H46F5N3O4. The van der Waals surface area contributed by atoms with Crippen molar-refractivity contribution in [3.63, 3.8) is 0 Å². The number of carbonyl (C=O) groups excluding carboxylic acids is 3. The van der Waals surface area contributed by atoms with E-state index in [9.17, 15) is 36.3 Å². The van der Waals surface area contributed by atoms with E-state index < -0.39 is 46.5 Å². The molecule has 0 unspecified atom stereocenters. The van der Waals surface area contributed by atoms with E-state index in [2.05, 4.69) is 11.9 Å². The molecule has 2 aliphatic rings. The summed E-state index contributed by atoms with van der Waals surface area (Å²) in [6, 6.07) is 8.22. The standard InChI is InChI=1S/C18H21F4NO3.C9H18N2O.C7H7F/c1-17(2,3)26-16(25)23-8-6-11(7-9-23)15(24)13-10-12(18(20,21)22)4-5-14(13)19;1-10(2)9(12)8-4-6-11(3)7-5-8;1-6-2-4-7(8)5-3-6/h4-5,10-11H,6-9H2,1-3H3;8H,4-7H2,1-3H3;2-5H,1H3. The summed E-state index contributed by atoms with van der Waals surface area (Å²) in [5, 5.41) is 0. The van der Waals surface area contributed by atoms with E-state index in [1.54, 1.807) is 37.8 Å². The highest BCUT2D eigenvalue weighted by molar-refractivity contribution is 5.98. The van der Waals surface area contributed by atoms with Crippen LogP contribution in [0, 0.1) is 30.4 Å². The van der Waals surface area contributed by atoms with Crippen LogP contribution in [-0.2, 0) is 15.7 Å². The predicted molar refractivity (Wildman–Crippen MR) is 166 cm³/mol. The molecule has 0 aromatic heterocycles. The van der Waals surface area contributed by atoms with Crippen molar-refractivity contribution in [2.24, 2.45) is 11.8 Å². The third-order valence-corrected chi connectivity index (χ3v) is 7.60. The highest BCUT2D eigenvalue weighted by Gasteiger charge is 2.35. The topological polar surface area (TPSA) is 70.2 Å². The number of likely N-dealkylation sites (tertiary alicyclic amines) is 2. The smallest absolute Gasteiger partial charge is 0.416 e. The van der Waals surface area contributed by atoms with Crippen LogP contribution in [0.2, 0.25) is 0 Å². The fourth-order valence-electron chi connectivity index (χ4n) is 4.91. The molecule has 4 rings (SSSR count). The molecule has 0 atom stereocenters. The number of alkyl halides is 3. The minimum absolute atomic E-state index is 0.171. The zero-order valence-corrected chi connectivity index (χ0v) is 27.7. The van der Waals surface area contributed by atoms with Crippen molar-refractivity contribution in [2.45, 2.75) is 65.2 Å². The first-order valence-corrected chi connectivity index (χ1v) is 15.3. The van der Waals surface area contributed by atoms with Crippen LogP contribution < -0.4 is 0 Å². The molecule has 12 heteroatoms. The van der Waals surface area contributed by atoms with E-state index in [0.717, 1.165) is 31.5 Å². The lowest BCUT2D eigenvalue weighted by Crippen LogP contribution is -2.43. The molecule has 46 heavy (non-hydrogen) atoms. The molecule has 0 aliphatic carbocycles. The maximum absolute atomic E-state index is 13.9. The average Bonchev–Trinajstić information content (AvgIpc) is 2.98. The van der Waals surface area contributed by atoms with Crippen LogP contribution >= 0.6 is 0 Å². The zero-order chi connectivity index (χ0) is 34.8. The number of benzene rings is 2. The minimum Gasteiger partial charge on any atom is -0.444 e. The zero-order valence-electron chi connectivity index (χ0n) is 27.7. The summed E-state index contributed by atoms with van der Waals surface area (Å²) in [5.41, 5.74) is -1.18. The fourth-order valence-corrected chi connectivity index (χ4v) is 4.91. The molecule has 0 N–H and O–H groups in total. The molecule has 0 radical (unpaired) electrons. The maximum atomic E-state index is 13.9. The number of ketones is 1. The number of hydrogen-bond acceptors (Lipinski definition) is 5. The molecule has 0 bridgehead atoms. The number of halogens is 5. The van der Waals surface area contributed by atoms with Gasteiger partial charge in [-0.3, -0.25) is 9.59 Å². The third kappa shape index (κ3) is 12.7. The number of nitrogens with zero attached hydrogens (tertiary/aromatic N) is 3. The average molecular weight is 656 g/mol. The van der Waals surface area contributed by atoms with Crippen LogP contribution in [0.25, 0.3) is 0 Å². The summed E-state index contributed by atoms with van der Waals surface area (Å²) in [5.74, 6) is -1.88. The van der Waals surface area contributed by atoms with Crippen LogP contribution in [0.5, 0.6) is 0 Å². The monoisotopic (exact) mass is 655 g/mol. The van der Waals surface area contributed by atoms with Crippen molar-refractivity contribution >= 4 is 17.8 Å². The molecule has 2 saturated heterocycles. The second kappa shape index (κ2) is 16.9. The molecule has 2 aromatic rings. The number of piperidine rings is 2. The van der Waals surface area contributed by atoms with Gasteiger partial charge >= 0.3 is 12.3 Å². The van der Waals surface area contributed by atoms with E-state index >= 15 is 0 Å². The molecule has 0 spiro atoms. The van der Waals surface area contributed by atoms with Crippen molar-refractivity contribution in [3.05, 3.63) is 70.8 Å². The highest BCUT2D eigenvalue weighted by atomic mass is 19.4. The highest BCUT2D eigenvalue weighted by Crippen LogP contribution is 2.32. The molecule has 7 nitrogen and oxygen atoms in total. The van der Waals surface area contributed by atoms with Crippen LogP contribution in [0.1, 0.15) is 67.9 Å². The summed E-state index contributed by atoms with van der Waals surface area (Å²) in [6.45, 7) is 9.71. The van der Waals surface area contributed by atoms with E-state index in [-0.39, 0.29) is 37.7 Å². The Morgan fingerprint density at radius 2 is 1.35 bits per heavy atom. The first kappa shape index (κ1) is 38.6. The van der Waals surface area contributed by atoms with Gasteiger partial charge < -0.3 is 19.4 Å². The lowest BCUT2D eigenvalue weighted by Gasteiger charge is -2.33. The quantitative estimate of drug-likeness (QED) is 0.258. The molecule has 2 amide bonds. The normalized spacial score (nSPS) is 16.4. The number of ether oxygens (including phenoxy) is 1. The Kier molecular flexibility index (Phi) is 14.2. The Balaban J connectivity index is 0.000000300. The number of aryl methyl sites for hydroxylation is 1. The van der Waals surface area contributed by atoms with Crippen LogP contribution in [0.4, 0.5) is 26.7 Å². The molecule has 2 aliphatic heterocycles. The molecule has 0 saturated carbocycles. The minimum atomic E-state index is -4.65. The summed E-state index contributed by atoms with van der Waals surface area (Å²) < 4.78 is 69.6. The largest absolute Gasteiger partial charge is 0.444 e. The van der Waals surface area contributed by atoms with Crippen molar-refractivity contribution in [2.75, 3.05) is 47.3 Å². The number of amides is 2. The van der Waals surface area contributed by atoms with Crippen molar-refractivity contribution in [3.8, 4) is 0 Å². The molecule has 2 aromatic carbocycles. The van der Waals surface area contributed by atoms with E-state index in [1.165, 1.54) is 17.0 Å². The Morgan fingerprint density at radius 1 is 0.826 bits per heavy atom. The fraction of sp³-hybridized carbons (Fsp3) is 0.559. The number of rotatable bonds is 3. The van der Waals surface area contributed by atoms with E-state index in [4.69, 9.17) is 4.74 Å². The molecule has 256 valence electrons. The summed E-state index contributed by atoms with van der Waals surface area (Å²) in [4.78, 5) is 41.4. The SMILES string of the molecule is CC(C)(C)OC(=O)N1CCC(C(=O)c2cc(C(F)(F)F)ccc2F)CC1.CN1CCC(C(=O)N(C)C)CC1.Cc1ccc(F)cc1. The first-order chi connectivity index (χ1) is 21.3. The van der Waals surface area contributed by atoms with Crippen LogP contribution in [0.3, 0.4) is 0 Å². The summed E-state index contributed by atoms with van der Waals surface area (Å²) >= 11 is 0. The van der Waals surface area contributed by atoms with Gasteiger partial charge in [-0.15, -0.1) is 0 Å². The number of carbonyl (C=O) groups is 3. The van der Waals surface area contributed by atoms with E-state index in [1.807, 2.05) is 21.0 Å². The molecule has 2 fully saturated rings. The Morgan fingerprint density at radius 3 is 1.80 bits per heavy atom. The Hall–Kier alpha value is -3.54. The second-order valence-electron chi connectivity index (χ2n) is 12.9. The van der Waals surface area contributed by atoms with Gasteiger partial charge in [-0.1, -0.05) is 17.7 Å². The van der Waals surface area contributed by atoms with Gasteiger partial charge in [-0.05, 0) is 104 Å². The van der Waals surface area contributed by atoms with Crippen molar-refractivity contribution in [1.29, 1.82) is 0 Å². The number of hydrogen-bond donors (Lipinski definition) is 0. The van der Waals surface area contributed by atoms with Gasteiger partial charge in [0, 0.05) is 39.0 Å². The van der Waals surface area contributed by atoms with Gasteiger partial charge in [-0.2, -0.15) is 13.2 Å². The molecular weight excluding hydrogens is 609 g/mol. The lowest BCUT2D eigenvalue weighted by atomic mass is 9.88. The van der Waals surface area contributed by atoms with Gasteiger partial charge in [0.15, 0.2) is 5.78 Å². The van der Waals surface area contributed by atoms with Crippen molar-refractivity contribution in [1.82, 2.24) is 14.7 Å². The van der Waals surface area contributed by atoms with Gasteiger partial charge in [0.05, 0.1) is 11.1 Å². The summed E-state index contributed by atoms with van der Waals surface area (Å²) in [7, 11) is 5.78. The predicted octanol–water partition coefficient (Wildman–Crippen LogP) is 7.22. The van der Waals surface area contributed by atoms with Gasteiger partial charge in [0.1, 0.15) is 17.2 Å². The summed E-state index contributed by atoms with van der Waals surface area (Å²) in [6.07, 6.45) is -2.63. The van der Waals surface area contributed by atoms with Crippen LogP contribution in [-0.4, -0.2) is 85.4 Å². The van der Waals surface area contributed by atoms with Gasteiger partial charge in [0.2, 0.25) is 5.91 Å². The second-order valence-corrected chi connectivity index (χ2v) is 12.9. The van der Waals surface area contributed by atoms with E-state index in [0.29, 0.717) is 24.1 Å². The lowest BCUT2D eigenvalue weighted by molar-refractivity contribution is -0.137. The molecule has 2 heterocycles. The Labute approximate surface area is 268 Å². The van der Waals surface area contributed by atoms with Gasteiger partial charge in [-0.25, -0.2) is 13.6 Å². The van der Waals surface area contributed by atoms with Crippen molar-refractivity contribution < 1.29 is 41.1 Å². The first-order valence-electron chi connectivity index (χ1n) is 15.3.